The number of benzene rings is 1. The number of carbonyl (C=O) groups is 1. The van der Waals surface area contributed by atoms with E-state index in [1.54, 1.807) is 28.9 Å². The van der Waals surface area contributed by atoms with Gasteiger partial charge in [0, 0.05) is 25.2 Å². The summed E-state index contributed by atoms with van der Waals surface area (Å²) >= 11 is 0. The lowest BCUT2D eigenvalue weighted by atomic mass is 9.99. The van der Waals surface area contributed by atoms with Gasteiger partial charge < -0.3 is 14.8 Å². The second-order valence-electron chi connectivity index (χ2n) is 7.09. The van der Waals surface area contributed by atoms with Crippen molar-refractivity contribution < 1.29 is 19.0 Å². The van der Waals surface area contributed by atoms with Gasteiger partial charge in [-0.1, -0.05) is 18.2 Å². The van der Waals surface area contributed by atoms with Gasteiger partial charge in [0.25, 0.3) is 0 Å². The highest BCUT2D eigenvalue weighted by atomic mass is 19.1. The minimum absolute atomic E-state index is 0.157. The van der Waals surface area contributed by atoms with Crippen LogP contribution in [0, 0.1) is 5.82 Å². The second-order valence-corrected chi connectivity index (χ2v) is 7.09. The maximum absolute atomic E-state index is 13.9. The number of aromatic amines is 1. The van der Waals surface area contributed by atoms with Crippen LogP contribution >= 0.6 is 0 Å². The number of aromatic nitrogens is 4. The quantitative estimate of drug-likeness (QED) is 0.539. The van der Waals surface area contributed by atoms with Gasteiger partial charge in [-0.15, -0.1) is 0 Å². The van der Waals surface area contributed by atoms with Gasteiger partial charge >= 0.3 is 5.97 Å². The largest absolute Gasteiger partial charge is 0.483 e. The molecule has 0 saturated carbocycles. The van der Waals surface area contributed by atoms with Crippen molar-refractivity contribution in [2.45, 2.75) is 12.5 Å². The van der Waals surface area contributed by atoms with Crippen molar-refractivity contribution in [2.75, 3.05) is 0 Å². The summed E-state index contributed by atoms with van der Waals surface area (Å²) in [6.45, 7) is 0. The lowest BCUT2D eigenvalue weighted by Crippen LogP contribution is -2.21. The van der Waals surface area contributed by atoms with Gasteiger partial charge in [-0.3, -0.25) is 9.67 Å². The molecule has 1 aromatic carbocycles. The first-order valence-corrected chi connectivity index (χ1v) is 9.38. The molecule has 0 radical (unpaired) electrons. The Kier molecular flexibility index (Phi) is 4.13. The van der Waals surface area contributed by atoms with Crippen molar-refractivity contribution in [3.05, 3.63) is 71.3 Å². The highest BCUT2D eigenvalue weighted by Crippen LogP contribution is 2.33. The first kappa shape index (κ1) is 18.1. The number of H-pyrrole nitrogens is 1. The number of rotatable bonds is 4. The molecule has 0 spiro atoms. The highest BCUT2D eigenvalue weighted by molar-refractivity contribution is 6.02. The van der Waals surface area contributed by atoms with Crippen LogP contribution in [0.4, 0.5) is 4.39 Å². The zero-order valence-corrected chi connectivity index (χ0v) is 16.0. The minimum atomic E-state index is -1.02. The van der Waals surface area contributed by atoms with E-state index in [4.69, 9.17) is 4.74 Å². The van der Waals surface area contributed by atoms with Gasteiger partial charge in [-0.2, -0.15) is 5.10 Å². The molecular formula is C22H17FN4O3. The maximum atomic E-state index is 13.9. The molecule has 2 N–H and O–H groups in total. The molecule has 0 bridgehead atoms. The molecule has 3 heterocycles. The fourth-order valence-electron chi connectivity index (χ4n) is 3.77. The molecule has 7 nitrogen and oxygen atoms in total. The van der Waals surface area contributed by atoms with Crippen molar-refractivity contribution in [3.8, 4) is 17.1 Å². The fourth-order valence-corrected chi connectivity index (χ4v) is 3.77. The first-order valence-electron chi connectivity index (χ1n) is 9.38. The summed E-state index contributed by atoms with van der Waals surface area (Å²) in [5.74, 6) is -1.21. The molecule has 1 atom stereocenters. The van der Waals surface area contributed by atoms with Gasteiger partial charge in [-0.05, 0) is 30.3 Å². The molecule has 0 saturated heterocycles. The number of ether oxygens (including phenoxy) is 1. The minimum Gasteiger partial charge on any atom is -0.483 e. The van der Waals surface area contributed by atoms with Gasteiger partial charge in [0.15, 0.2) is 11.6 Å². The van der Waals surface area contributed by atoms with Crippen LogP contribution in [-0.2, 0) is 13.5 Å². The molecule has 3 aromatic heterocycles. The van der Waals surface area contributed by atoms with E-state index in [0.717, 1.165) is 11.3 Å². The number of hydrogen-bond donors (Lipinski definition) is 2. The Labute approximate surface area is 170 Å². The normalized spacial score (nSPS) is 15.3. The molecule has 4 aromatic rings. The van der Waals surface area contributed by atoms with Crippen LogP contribution in [0.2, 0.25) is 0 Å². The lowest BCUT2D eigenvalue weighted by molar-refractivity contribution is 0.0698. The lowest BCUT2D eigenvalue weighted by Gasteiger charge is -2.20. The molecule has 1 aliphatic rings. The summed E-state index contributed by atoms with van der Waals surface area (Å²) in [4.78, 5) is 18.9. The van der Waals surface area contributed by atoms with E-state index in [0.29, 0.717) is 28.8 Å². The van der Waals surface area contributed by atoms with Crippen LogP contribution in [0.15, 0.2) is 48.7 Å². The van der Waals surface area contributed by atoms with Crippen molar-refractivity contribution in [2.24, 2.45) is 7.05 Å². The van der Waals surface area contributed by atoms with Crippen LogP contribution < -0.4 is 4.74 Å². The van der Waals surface area contributed by atoms with Gasteiger partial charge in [0.1, 0.15) is 11.8 Å². The number of aromatic carboxylic acids is 1. The Bertz CT molecular complexity index is 1320. The number of aryl methyl sites for hydroxylation is 1. The molecule has 8 heteroatoms. The van der Waals surface area contributed by atoms with Gasteiger partial charge in [-0.25, -0.2) is 9.18 Å². The maximum Gasteiger partial charge on any atom is 0.337 e. The van der Waals surface area contributed by atoms with Crippen molar-refractivity contribution in [3.63, 3.8) is 0 Å². The van der Waals surface area contributed by atoms with Crippen LogP contribution in [0.3, 0.4) is 0 Å². The number of carboxylic acids is 1. The summed E-state index contributed by atoms with van der Waals surface area (Å²) in [6, 6.07) is 9.57. The molecule has 1 aliphatic carbocycles. The van der Waals surface area contributed by atoms with E-state index in [1.807, 2.05) is 19.2 Å². The third kappa shape index (κ3) is 2.93. The second kappa shape index (κ2) is 6.84. The smallest absolute Gasteiger partial charge is 0.337 e. The number of carboxylic acid groups (broad SMARTS) is 1. The number of pyridine rings is 1. The Morgan fingerprint density at radius 1 is 1.33 bits per heavy atom. The number of nitrogens with zero attached hydrogens (tertiary/aromatic N) is 3. The van der Waals surface area contributed by atoms with E-state index in [-0.39, 0.29) is 17.4 Å². The zero-order valence-electron chi connectivity index (χ0n) is 16.0. The van der Waals surface area contributed by atoms with E-state index in [2.05, 4.69) is 15.1 Å². The van der Waals surface area contributed by atoms with Crippen LogP contribution in [0.1, 0.15) is 21.6 Å². The molecule has 0 aliphatic heterocycles. The first-order chi connectivity index (χ1) is 14.5. The summed E-state index contributed by atoms with van der Waals surface area (Å²) in [7, 11) is 1.84. The number of fused-ring (bicyclic) bond motifs is 2. The Balaban J connectivity index is 1.51. The van der Waals surface area contributed by atoms with Crippen molar-refractivity contribution in [1.29, 1.82) is 0 Å². The molecule has 0 fully saturated rings. The Hall–Kier alpha value is -3.94. The SMILES string of the molecule is Cn1nc(-c2cc3nccc(C(=O)O)c3[nH]2)c2c1CC(Oc1ccccc1F)C=C2. The van der Waals surface area contributed by atoms with Crippen molar-refractivity contribution in [1.82, 2.24) is 19.7 Å². The Morgan fingerprint density at radius 2 is 2.17 bits per heavy atom. The average Bonchev–Trinajstić information content (AvgIpc) is 3.30. The molecular weight excluding hydrogens is 387 g/mol. The Morgan fingerprint density at radius 3 is 2.97 bits per heavy atom. The number of halogens is 1. The zero-order chi connectivity index (χ0) is 20.8. The third-order valence-electron chi connectivity index (χ3n) is 5.20. The van der Waals surface area contributed by atoms with E-state index < -0.39 is 11.8 Å². The number of para-hydroxylation sites is 1. The predicted molar refractivity (Wildman–Crippen MR) is 109 cm³/mol. The van der Waals surface area contributed by atoms with Crippen LogP contribution in [-0.4, -0.2) is 36.9 Å². The van der Waals surface area contributed by atoms with Gasteiger partial charge in [0.05, 0.1) is 28.0 Å². The van der Waals surface area contributed by atoms with Crippen LogP contribution in [0.5, 0.6) is 5.75 Å². The molecule has 1 unspecified atom stereocenters. The topological polar surface area (TPSA) is 93.0 Å². The summed E-state index contributed by atoms with van der Waals surface area (Å²) < 4.78 is 21.5. The molecule has 5 rings (SSSR count). The van der Waals surface area contributed by atoms with Crippen molar-refractivity contribution >= 4 is 23.1 Å². The average molecular weight is 404 g/mol. The highest BCUT2D eigenvalue weighted by Gasteiger charge is 2.25. The number of nitrogens with one attached hydrogen (secondary N) is 1. The van der Waals surface area contributed by atoms with Crippen LogP contribution in [0.25, 0.3) is 28.5 Å². The van der Waals surface area contributed by atoms with Gasteiger partial charge in [0.2, 0.25) is 0 Å². The molecule has 30 heavy (non-hydrogen) atoms. The summed E-state index contributed by atoms with van der Waals surface area (Å²) in [5.41, 5.74) is 4.41. The summed E-state index contributed by atoms with van der Waals surface area (Å²) in [6.07, 6.45) is 5.47. The standard InChI is InChI=1S/C22H17FN4O3/c1-27-18-10-12(30-19-5-3-2-4-15(19)23)6-7-13(18)21(26-27)17-11-16-20(25-17)14(22(28)29)8-9-24-16/h2-9,11-12,25H,10H2,1H3,(H,28,29). The molecule has 150 valence electrons. The van der Waals surface area contributed by atoms with E-state index in [9.17, 15) is 14.3 Å². The summed E-state index contributed by atoms with van der Waals surface area (Å²) in [5, 5.41) is 14.0. The third-order valence-corrected chi connectivity index (χ3v) is 5.20. The fraction of sp³-hybridized carbons (Fsp3) is 0.136. The number of hydrogen-bond acceptors (Lipinski definition) is 4. The van der Waals surface area contributed by atoms with E-state index >= 15 is 0 Å². The monoisotopic (exact) mass is 404 g/mol. The van der Waals surface area contributed by atoms with E-state index in [1.165, 1.54) is 18.3 Å². The predicted octanol–water partition coefficient (Wildman–Crippen LogP) is 3.82. The molecule has 0 amide bonds.